The molecule has 0 saturated carbocycles. The summed E-state index contributed by atoms with van der Waals surface area (Å²) >= 11 is 6.77. The van der Waals surface area contributed by atoms with E-state index in [1.165, 1.54) is 11.8 Å². The number of benzene rings is 1. The van der Waals surface area contributed by atoms with Crippen molar-refractivity contribution in [1.82, 2.24) is 9.80 Å². The number of rotatable bonds is 4. The molecule has 4 rings (SSSR count). The lowest BCUT2D eigenvalue weighted by atomic mass is 10.1. The average molecular weight is 393 g/mol. The van der Waals surface area contributed by atoms with Gasteiger partial charge < -0.3 is 14.2 Å². The van der Waals surface area contributed by atoms with Gasteiger partial charge in [0.05, 0.1) is 18.1 Å². The largest absolute Gasteiger partial charge is 0.486 e. The Labute approximate surface area is 162 Å². The molecular weight excluding hydrogens is 372 g/mol. The molecule has 3 aliphatic rings. The molecule has 0 atom stereocenters. The molecule has 0 bridgehead atoms. The van der Waals surface area contributed by atoms with Crippen molar-refractivity contribution in [2.24, 2.45) is 0 Å². The van der Waals surface area contributed by atoms with Crippen LogP contribution in [0, 0.1) is 0 Å². The fourth-order valence-electron chi connectivity index (χ4n) is 3.06. The molecule has 2 fully saturated rings. The number of ether oxygens (including phenoxy) is 3. The zero-order valence-electron chi connectivity index (χ0n) is 14.3. The molecule has 0 aliphatic carbocycles. The van der Waals surface area contributed by atoms with Crippen LogP contribution in [0.15, 0.2) is 23.1 Å². The van der Waals surface area contributed by atoms with Gasteiger partial charge in [0.1, 0.15) is 17.5 Å². The summed E-state index contributed by atoms with van der Waals surface area (Å²) in [5.74, 6) is 1.43. The van der Waals surface area contributed by atoms with Crippen LogP contribution in [0.5, 0.6) is 11.5 Å². The van der Waals surface area contributed by atoms with Crippen LogP contribution >= 0.6 is 24.0 Å². The van der Waals surface area contributed by atoms with Crippen molar-refractivity contribution < 1.29 is 19.0 Å². The van der Waals surface area contributed by atoms with Crippen molar-refractivity contribution >= 4 is 40.3 Å². The van der Waals surface area contributed by atoms with Crippen molar-refractivity contribution in [1.29, 1.82) is 0 Å². The lowest BCUT2D eigenvalue weighted by Gasteiger charge is -2.28. The molecule has 8 heteroatoms. The third-order valence-electron chi connectivity index (χ3n) is 4.48. The summed E-state index contributed by atoms with van der Waals surface area (Å²) in [4.78, 5) is 17.4. The van der Waals surface area contributed by atoms with Gasteiger partial charge in [0.2, 0.25) is 0 Å². The predicted molar refractivity (Wildman–Crippen MR) is 105 cm³/mol. The Balaban J connectivity index is 1.43. The Hall–Kier alpha value is -1.61. The first-order valence-electron chi connectivity index (χ1n) is 8.66. The molecule has 6 nitrogen and oxygen atoms in total. The molecule has 0 radical (unpaired) electrons. The Kier molecular flexibility index (Phi) is 5.44. The molecule has 3 aliphatic heterocycles. The molecule has 0 N–H and O–H groups in total. The van der Waals surface area contributed by atoms with Crippen molar-refractivity contribution in [2.75, 3.05) is 52.6 Å². The van der Waals surface area contributed by atoms with Gasteiger partial charge in [-0.2, -0.15) is 0 Å². The Bertz CT molecular complexity index is 747. The fraction of sp³-hybridized carbons (Fsp3) is 0.444. The van der Waals surface area contributed by atoms with Gasteiger partial charge in [-0.1, -0.05) is 30.0 Å². The lowest BCUT2D eigenvalue weighted by Crippen LogP contribution is -2.42. The van der Waals surface area contributed by atoms with E-state index in [1.807, 2.05) is 24.3 Å². The van der Waals surface area contributed by atoms with Gasteiger partial charge in [0.15, 0.2) is 11.5 Å². The predicted octanol–water partition coefficient (Wildman–Crippen LogP) is 1.99. The van der Waals surface area contributed by atoms with Gasteiger partial charge in [0.25, 0.3) is 5.91 Å². The SMILES string of the molecule is O=C1/C(=C\c2ccc3c(c2)OCCO3)SC(=S)N1CCN1CCOCC1. The van der Waals surface area contributed by atoms with E-state index < -0.39 is 0 Å². The summed E-state index contributed by atoms with van der Waals surface area (Å²) in [6.45, 7) is 5.85. The Morgan fingerprint density at radius 1 is 1.08 bits per heavy atom. The monoisotopic (exact) mass is 392 g/mol. The highest BCUT2D eigenvalue weighted by molar-refractivity contribution is 8.26. The van der Waals surface area contributed by atoms with Crippen LogP contribution in [-0.4, -0.2) is 72.6 Å². The van der Waals surface area contributed by atoms with Crippen LogP contribution < -0.4 is 9.47 Å². The number of carbonyl (C=O) groups excluding carboxylic acids is 1. The minimum Gasteiger partial charge on any atom is -0.486 e. The zero-order valence-corrected chi connectivity index (χ0v) is 15.9. The minimum absolute atomic E-state index is 0.0249. The summed E-state index contributed by atoms with van der Waals surface area (Å²) in [5, 5.41) is 0. The number of carbonyl (C=O) groups is 1. The van der Waals surface area contributed by atoms with E-state index in [2.05, 4.69) is 4.90 Å². The van der Waals surface area contributed by atoms with E-state index in [-0.39, 0.29) is 5.91 Å². The Morgan fingerprint density at radius 3 is 2.65 bits per heavy atom. The van der Waals surface area contributed by atoms with Crippen LogP contribution in [0.3, 0.4) is 0 Å². The van der Waals surface area contributed by atoms with Crippen molar-refractivity contribution in [3.05, 3.63) is 28.7 Å². The maximum Gasteiger partial charge on any atom is 0.266 e. The quantitative estimate of drug-likeness (QED) is 0.574. The van der Waals surface area contributed by atoms with E-state index in [0.29, 0.717) is 34.7 Å². The Morgan fingerprint density at radius 2 is 1.85 bits per heavy atom. The lowest BCUT2D eigenvalue weighted by molar-refractivity contribution is -0.122. The second-order valence-corrected chi connectivity index (χ2v) is 7.87. The van der Waals surface area contributed by atoms with Crippen molar-refractivity contribution in [3.63, 3.8) is 0 Å². The minimum atomic E-state index is -0.0249. The molecule has 138 valence electrons. The average Bonchev–Trinajstić information content (AvgIpc) is 2.94. The van der Waals surface area contributed by atoms with Crippen LogP contribution in [0.25, 0.3) is 6.08 Å². The van der Waals surface area contributed by atoms with E-state index in [1.54, 1.807) is 4.90 Å². The molecule has 1 aromatic carbocycles. The summed E-state index contributed by atoms with van der Waals surface area (Å²) in [6, 6.07) is 5.70. The van der Waals surface area contributed by atoms with Crippen molar-refractivity contribution in [2.45, 2.75) is 0 Å². The second kappa shape index (κ2) is 7.96. The first-order chi connectivity index (χ1) is 12.7. The third-order valence-corrected chi connectivity index (χ3v) is 5.86. The number of fused-ring (bicyclic) bond motifs is 1. The summed E-state index contributed by atoms with van der Waals surface area (Å²) in [7, 11) is 0. The first kappa shape index (κ1) is 17.8. The summed E-state index contributed by atoms with van der Waals surface area (Å²) < 4.78 is 17.1. The number of hydrogen-bond donors (Lipinski definition) is 0. The third kappa shape index (κ3) is 3.88. The van der Waals surface area contributed by atoms with Gasteiger partial charge in [-0.25, -0.2) is 0 Å². The van der Waals surface area contributed by atoms with E-state index in [9.17, 15) is 4.79 Å². The van der Waals surface area contributed by atoms with Crippen LogP contribution in [-0.2, 0) is 9.53 Å². The van der Waals surface area contributed by atoms with Gasteiger partial charge in [-0.15, -0.1) is 0 Å². The molecule has 3 heterocycles. The molecule has 26 heavy (non-hydrogen) atoms. The molecular formula is C18H20N2O4S2. The van der Waals surface area contributed by atoms with Crippen LogP contribution in [0.2, 0.25) is 0 Å². The topological polar surface area (TPSA) is 51.2 Å². The van der Waals surface area contributed by atoms with Crippen molar-refractivity contribution in [3.8, 4) is 11.5 Å². The highest BCUT2D eigenvalue weighted by atomic mass is 32.2. The maximum absolute atomic E-state index is 12.7. The number of thioether (sulfide) groups is 1. The highest BCUT2D eigenvalue weighted by Gasteiger charge is 2.32. The first-order valence-corrected chi connectivity index (χ1v) is 9.88. The number of hydrogen-bond acceptors (Lipinski definition) is 7. The number of thiocarbonyl (C=S) groups is 1. The molecule has 0 aromatic heterocycles. The van der Waals surface area contributed by atoms with E-state index in [0.717, 1.165) is 44.2 Å². The summed E-state index contributed by atoms with van der Waals surface area (Å²) in [5.41, 5.74) is 0.905. The second-order valence-electron chi connectivity index (χ2n) is 6.19. The van der Waals surface area contributed by atoms with Gasteiger partial charge in [0, 0.05) is 26.2 Å². The molecule has 1 amide bonds. The van der Waals surface area contributed by atoms with E-state index >= 15 is 0 Å². The molecule has 0 unspecified atom stereocenters. The maximum atomic E-state index is 12.7. The number of amides is 1. The fourth-order valence-corrected chi connectivity index (χ4v) is 4.37. The number of nitrogens with zero attached hydrogens (tertiary/aromatic N) is 2. The van der Waals surface area contributed by atoms with Crippen LogP contribution in [0.4, 0.5) is 0 Å². The number of morpholine rings is 1. The smallest absolute Gasteiger partial charge is 0.266 e. The highest BCUT2D eigenvalue weighted by Crippen LogP contribution is 2.35. The zero-order chi connectivity index (χ0) is 17.9. The molecule has 0 spiro atoms. The molecule has 1 aromatic rings. The van der Waals surface area contributed by atoms with Gasteiger partial charge in [-0.3, -0.25) is 14.6 Å². The summed E-state index contributed by atoms with van der Waals surface area (Å²) in [6.07, 6.45) is 1.87. The molecule has 2 saturated heterocycles. The van der Waals surface area contributed by atoms with Crippen LogP contribution in [0.1, 0.15) is 5.56 Å². The standard InChI is InChI=1S/C18H20N2O4S2/c21-17-16(12-13-1-2-14-15(11-13)24-10-9-23-14)26-18(25)20(17)4-3-19-5-7-22-8-6-19/h1-2,11-12H,3-10H2/b16-12+. The normalized spacial score (nSPS) is 22.3. The van der Waals surface area contributed by atoms with Gasteiger partial charge >= 0.3 is 0 Å². The van der Waals surface area contributed by atoms with E-state index in [4.69, 9.17) is 26.4 Å². The van der Waals surface area contributed by atoms with Gasteiger partial charge in [-0.05, 0) is 23.8 Å².